The molecule has 0 heterocycles. The highest BCUT2D eigenvalue weighted by Gasteiger charge is 2.25. The molecule has 0 saturated carbocycles. The van der Waals surface area contributed by atoms with Gasteiger partial charge in [-0.05, 0) is 5.56 Å². The van der Waals surface area contributed by atoms with Gasteiger partial charge in [0.05, 0.1) is 20.6 Å². The van der Waals surface area contributed by atoms with Crippen LogP contribution >= 0.6 is 0 Å². The molecule has 1 atom stereocenters. The standard InChI is InChI=1S/C14H17NO6/c1-19-12(16)8-11(13(17)20-2)15-14(18)21-9-10-6-4-3-5-7-10/h3-7,11H,8-9H2,1-2H3,(H,15,18). The molecule has 0 radical (unpaired) electrons. The maximum absolute atomic E-state index is 11.6. The lowest BCUT2D eigenvalue weighted by Gasteiger charge is -2.15. The highest BCUT2D eigenvalue weighted by Crippen LogP contribution is 2.02. The third-order valence-corrected chi connectivity index (χ3v) is 2.59. The van der Waals surface area contributed by atoms with Crippen molar-refractivity contribution in [3.8, 4) is 0 Å². The molecule has 0 aliphatic heterocycles. The van der Waals surface area contributed by atoms with E-state index >= 15 is 0 Å². The molecule has 1 aromatic carbocycles. The van der Waals surface area contributed by atoms with E-state index in [1.165, 1.54) is 7.11 Å². The van der Waals surface area contributed by atoms with Crippen LogP contribution in [0.1, 0.15) is 12.0 Å². The molecule has 114 valence electrons. The van der Waals surface area contributed by atoms with Gasteiger partial charge in [0.2, 0.25) is 0 Å². The van der Waals surface area contributed by atoms with Crippen LogP contribution in [0.2, 0.25) is 0 Å². The Balaban J connectivity index is 2.51. The first kappa shape index (κ1) is 16.5. The van der Waals surface area contributed by atoms with Crippen molar-refractivity contribution in [2.24, 2.45) is 0 Å². The number of rotatable bonds is 6. The maximum atomic E-state index is 11.6. The molecule has 1 N–H and O–H groups in total. The van der Waals surface area contributed by atoms with Crippen LogP contribution in [0.5, 0.6) is 0 Å². The molecule has 7 nitrogen and oxygen atoms in total. The minimum atomic E-state index is -1.15. The molecule has 0 fully saturated rings. The van der Waals surface area contributed by atoms with E-state index < -0.39 is 24.1 Å². The van der Waals surface area contributed by atoms with Crippen LogP contribution in [0.4, 0.5) is 4.79 Å². The lowest BCUT2D eigenvalue weighted by molar-refractivity contribution is -0.149. The number of hydrogen-bond acceptors (Lipinski definition) is 6. The Bertz CT molecular complexity index is 487. The number of ether oxygens (including phenoxy) is 3. The van der Waals surface area contributed by atoms with E-state index in [0.29, 0.717) is 0 Å². The second-order valence-corrected chi connectivity index (χ2v) is 4.06. The van der Waals surface area contributed by atoms with Crippen molar-refractivity contribution in [2.75, 3.05) is 14.2 Å². The molecule has 7 heteroatoms. The van der Waals surface area contributed by atoms with E-state index in [1.54, 1.807) is 12.1 Å². The van der Waals surface area contributed by atoms with E-state index in [1.807, 2.05) is 18.2 Å². The molecular formula is C14H17NO6. The van der Waals surface area contributed by atoms with Crippen molar-refractivity contribution >= 4 is 18.0 Å². The summed E-state index contributed by atoms with van der Waals surface area (Å²) in [6.45, 7) is 0.0544. The quantitative estimate of drug-likeness (QED) is 0.622. The third kappa shape index (κ3) is 5.94. The smallest absolute Gasteiger partial charge is 0.408 e. The predicted molar refractivity (Wildman–Crippen MR) is 72.2 cm³/mol. The zero-order chi connectivity index (χ0) is 15.7. The molecule has 0 aliphatic rings. The molecule has 0 spiro atoms. The number of hydrogen-bond donors (Lipinski definition) is 1. The van der Waals surface area contributed by atoms with Crippen molar-refractivity contribution in [3.63, 3.8) is 0 Å². The van der Waals surface area contributed by atoms with Gasteiger partial charge in [-0.2, -0.15) is 0 Å². The fraction of sp³-hybridized carbons (Fsp3) is 0.357. The normalized spacial score (nSPS) is 11.1. The lowest BCUT2D eigenvalue weighted by atomic mass is 10.2. The number of alkyl carbamates (subject to hydrolysis) is 1. The molecule has 1 unspecified atom stereocenters. The van der Waals surface area contributed by atoms with Gasteiger partial charge in [-0.3, -0.25) is 4.79 Å². The summed E-state index contributed by atoms with van der Waals surface area (Å²) in [5, 5.41) is 2.27. The van der Waals surface area contributed by atoms with Crippen molar-refractivity contribution < 1.29 is 28.6 Å². The van der Waals surface area contributed by atoms with Gasteiger partial charge in [-0.25, -0.2) is 9.59 Å². The van der Waals surface area contributed by atoms with Crippen LogP contribution in [-0.4, -0.2) is 38.3 Å². The first-order valence-electron chi connectivity index (χ1n) is 6.18. The minimum Gasteiger partial charge on any atom is -0.469 e. The number of amides is 1. The van der Waals surface area contributed by atoms with E-state index in [4.69, 9.17) is 4.74 Å². The molecule has 1 amide bonds. The number of methoxy groups -OCH3 is 2. The Morgan fingerprint density at radius 3 is 2.33 bits per heavy atom. The number of carbonyl (C=O) groups excluding carboxylic acids is 3. The summed E-state index contributed by atoms with van der Waals surface area (Å²) in [7, 11) is 2.34. The summed E-state index contributed by atoms with van der Waals surface area (Å²) >= 11 is 0. The van der Waals surface area contributed by atoms with Crippen LogP contribution in [0, 0.1) is 0 Å². The molecule has 21 heavy (non-hydrogen) atoms. The van der Waals surface area contributed by atoms with E-state index in [9.17, 15) is 14.4 Å². The first-order chi connectivity index (χ1) is 10.1. The predicted octanol–water partition coefficient (Wildman–Crippen LogP) is 1.02. The largest absolute Gasteiger partial charge is 0.469 e. The van der Waals surface area contributed by atoms with Gasteiger partial charge in [0.15, 0.2) is 0 Å². The highest BCUT2D eigenvalue weighted by atomic mass is 16.6. The zero-order valence-electron chi connectivity index (χ0n) is 11.8. The summed E-state index contributed by atoms with van der Waals surface area (Å²) in [6, 6.07) is 7.90. The molecule has 0 bridgehead atoms. The number of carbonyl (C=O) groups is 3. The zero-order valence-corrected chi connectivity index (χ0v) is 11.8. The van der Waals surface area contributed by atoms with Crippen LogP contribution in [0.15, 0.2) is 30.3 Å². The van der Waals surface area contributed by atoms with E-state index in [0.717, 1.165) is 12.7 Å². The summed E-state index contributed by atoms with van der Waals surface area (Å²) in [5.74, 6) is -1.40. The van der Waals surface area contributed by atoms with Gasteiger partial charge in [-0.1, -0.05) is 30.3 Å². The monoisotopic (exact) mass is 295 g/mol. The Morgan fingerprint density at radius 2 is 1.76 bits per heavy atom. The molecular weight excluding hydrogens is 278 g/mol. The van der Waals surface area contributed by atoms with Crippen LogP contribution in [0.25, 0.3) is 0 Å². The van der Waals surface area contributed by atoms with E-state index in [-0.39, 0.29) is 13.0 Å². The Hall–Kier alpha value is -2.57. The second kappa shape index (κ2) is 8.57. The SMILES string of the molecule is COC(=O)CC(NC(=O)OCc1ccccc1)C(=O)OC. The molecule has 1 rings (SSSR count). The fourth-order valence-corrected chi connectivity index (χ4v) is 1.49. The molecule has 0 saturated heterocycles. The summed E-state index contributed by atoms with van der Waals surface area (Å²) in [5.41, 5.74) is 0.801. The Morgan fingerprint density at radius 1 is 1.10 bits per heavy atom. The van der Waals surface area contributed by atoms with Crippen molar-refractivity contribution in [2.45, 2.75) is 19.1 Å². The van der Waals surface area contributed by atoms with Gasteiger partial charge in [0.25, 0.3) is 0 Å². The summed E-state index contributed by atoms with van der Waals surface area (Å²) in [4.78, 5) is 34.3. The molecule has 0 aliphatic carbocycles. The van der Waals surface area contributed by atoms with Gasteiger partial charge < -0.3 is 19.5 Å². The van der Waals surface area contributed by atoms with Crippen LogP contribution in [-0.2, 0) is 30.4 Å². The van der Waals surface area contributed by atoms with Gasteiger partial charge >= 0.3 is 18.0 Å². The highest BCUT2D eigenvalue weighted by molar-refractivity contribution is 5.86. The summed E-state index contributed by atoms with van der Waals surface area (Å²) in [6.07, 6.45) is -1.15. The number of esters is 2. The minimum absolute atomic E-state index is 0.0544. The molecule has 0 aromatic heterocycles. The van der Waals surface area contributed by atoms with Crippen molar-refractivity contribution in [1.29, 1.82) is 0 Å². The van der Waals surface area contributed by atoms with Gasteiger partial charge in [0, 0.05) is 0 Å². The summed E-state index contributed by atoms with van der Waals surface area (Å²) < 4.78 is 13.9. The van der Waals surface area contributed by atoms with Gasteiger partial charge in [-0.15, -0.1) is 0 Å². The second-order valence-electron chi connectivity index (χ2n) is 4.06. The molecule has 1 aromatic rings. The number of nitrogens with one attached hydrogen (secondary N) is 1. The van der Waals surface area contributed by atoms with Crippen LogP contribution < -0.4 is 5.32 Å². The Labute approximate surface area is 122 Å². The van der Waals surface area contributed by atoms with Crippen LogP contribution in [0.3, 0.4) is 0 Å². The lowest BCUT2D eigenvalue weighted by Crippen LogP contribution is -2.43. The average Bonchev–Trinajstić information content (AvgIpc) is 2.52. The third-order valence-electron chi connectivity index (χ3n) is 2.59. The topological polar surface area (TPSA) is 90.9 Å². The Kier molecular flexibility index (Phi) is 6.73. The maximum Gasteiger partial charge on any atom is 0.408 e. The average molecular weight is 295 g/mol. The fourth-order valence-electron chi connectivity index (χ4n) is 1.49. The van der Waals surface area contributed by atoms with Gasteiger partial charge in [0.1, 0.15) is 12.6 Å². The number of benzene rings is 1. The first-order valence-corrected chi connectivity index (χ1v) is 6.18. The van der Waals surface area contributed by atoms with Crippen molar-refractivity contribution in [3.05, 3.63) is 35.9 Å². The van der Waals surface area contributed by atoms with Crippen molar-refractivity contribution in [1.82, 2.24) is 5.32 Å². The van der Waals surface area contributed by atoms with E-state index in [2.05, 4.69) is 14.8 Å².